The number of carbonyl (C=O) groups is 4. The number of carboxylic acids is 1. The number of urea groups is 1. The molecule has 0 unspecified atom stereocenters. The second-order valence-electron chi connectivity index (χ2n) is 4.64. The number of carbonyl (C=O) groups excluding carboxylic acids is 3. The topological polar surface area (TPSA) is 98.2 Å². The van der Waals surface area contributed by atoms with E-state index in [1.165, 1.54) is 11.9 Å². The van der Waals surface area contributed by atoms with E-state index in [-0.39, 0.29) is 38.4 Å². The molecule has 1 saturated heterocycles. The van der Waals surface area contributed by atoms with E-state index in [2.05, 4.69) is 5.92 Å². The standard InChI is InChI=1S/C13H17N3O5/c1-3-6-15(9-12(19)20)10(17)5-4-7-16-11(18)8-14(2)13(16)21/h1H,4-9H2,2H3,(H,19,20). The van der Waals surface area contributed by atoms with Crippen molar-refractivity contribution in [1.82, 2.24) is 14.7 Å². The van der Waals surface area contributed by atoms with Crippen LogP contribution in [0.1, 0.15) is 12.8 Å². The van der Waals surface area contributed by atoms with Crippen LogP contribution in [0.2, 0.25) is 0 Å². The van der Waals surface area contributed by atoms with E-state index in [0.717, 1.165) is 9.80 Å². The highest BCUT2D eigenvalue weighted by Crippen LogP contribution is 2.09. The van der Waals surface area contributed by atoms with Gasteiger partial charge in [0.15, 0.2) is 0 Å². The van der Waals surface area contributed by atoms with Gasteiger partial charge in [-0.1, -0.05) is 5.92 Å². The highest BCUT2D eigenvalue weighted by Gasteiger charge is 2.33. The van der Waals surface area contributed by atoms with Crippen molar-refractivity contribution in [3.8, 4) is 12.3 Å². The smallest absolute Gasteiger partial charge is 0.326 e. The first kappa shape index (κ1) is 16.5. The Labute approximate surface area is 122 Å². The minimum absolute atomic E-state index is 0.0235. The van der Waals surface area contributed by atoms with Gasteiger partial charge in [-0.15, -0.1) is 6.42 Å². The molecule has 0 aliphatic carbocycles. The summed E-state index contributed by atoms with van der Waals surface area (Å²) in [7, 11) is 1.52. The van der Waals surface area contributed by atoms with Crippen LogP contribution in [-0.2, 0) is 14.4 Å². The lowest BCUT2D eigenvalue weighted by Crippen LogP contribution is -2.37. The summed E-state index contributed by atoms with van der Waals surface area (Å²) in [5, 5.41) is 8.69. The van der Waals surface area contributed by atoms with Crippen LogP contribution in [0.15, 0.2) is 0 Å². The van der Waals surface area contributed by atoms with Gasteiger partial charge >= 0.3 is 12.0 Å². The molecule has 4 amide bonds. The van der Waals surface area contributed by atoms with Crippen molar-refractivity contribution in [2.45, 2.75) is 12.8 Å². The molecule has 1 aliphatic rings. The zero-order valence-electron chi connectivity index (χ0n) is 11.7. The molecule has 8 heteroatoms. The van der Waals surface area contributed by atoms with Crippen LogP contribution in [0.5, 0.6) is 0 Å². The van der Waals surface area contributed by atoms with Crippen molar-refractivity contribution in [2.24, 2.45) is 0 Å². The Hall–Kier alpha value is -2.56. The van der Waals surface area contributed by atoms with Crippen LogP contribution < -0.4 is 0 Å². The molecule has 21 heavy (non-hydrogen) atoms. The number of imide groups is 1. The lowest BCUT2D eigenvalue weighted by molar-refractivity contribution is -0.144. The number of rotatable bonds is 7. The second-order valence-corrected chi connectivity index (χ2v) is 4.64. The summed E-state index contributed by atoms with van der Waals surface area (Å²) in [5.41, 5.74) is 0. The monoisotopic (exact) mass is 295 g/mol. The fraction of sp³-hybridized carbons (Fsp3) is 0.538. The molecule has 0 aromatic heterocycles. The minimum atomic E-state index is -1.15. The molecule has 0 aromatic rings. The molecule has 0 saturated carbocycles. The van der Waals surface area contributed by atoms with E-state index < -0.39 is 24.5 Å². The highest BCUT2D eigenvalue weighted by molar-refractivity contribution is 6.01. The molecular formula is C13H17N3O5. The average Bonchev–Trinajstić information content (AvgIpc) is 2.64. The van der Waals surface area contributed by atoms with Gasteiger partial charge in [0, 0.05) is 20.0 Å². The van der Waals surface area contributed by atoms with E-state index in [1.807, 2.05) is 0 Å². The van der Waals surface area contributed by atoms with Crippen molar-refractivity contribution in [1.29, 1.82) is 0 Å². The first-order valence-corrected chi connectivity index (χ1v) is 6.35. The third-order valence-electron chi connectivity index (χ3n) is 2.96. The summed E-state index contributed by atoms with van der Waals surface area (Å²) in [4.78, 5) is 49.0. The normalized spacial score (nSPS) is 14.3. The van der Waals surface area contributed by atoms with Gasteiger partial charge in [0.2, 0.25) is 11.8 Å². The van der Waals surface area contributed by atoms with Gasteiger partial charge in [0.1, 0.15) is 13.1 Å². The maximum Gasteiger partial charge on any atom is 0.326 e. The SMILES string of the molecule is C#CCN(CC(=O)O)C(=O)CCCN1C(=O)CN(C)C1=O. The third kappa shape index (κ3) is 4.49. The lowest BCUT2D eigenvalue weighted by Gasteiger charge is -2.19. The number of aliphatic carboxylic acids is 1. The molecule has 1 rings (SSSR count). The molecule has 1 N–H and O–H groups in total. The Morgan fingerprint density at radius 2 is 2.10 bits per heavy atom. The molecule has 0 aromatic carbocycles. The van der Waals surface area contributed by atoms with Gasteiger partial charge in [0.25, 0.3) is 0 Å². The maximum absolute atomic E-state index is 11.8. The van der Waals surface area contributed by atoms with Crippen molar-refractivity contribution in [2.75, 3.05) is 33.2 Å². The minimum Gasteiger partial charge on any atom is -0.480 e. The molecule has 1 fully saturated rings. The summed E-state index contributed by atoms with van der Waals surface area (Å²) in [6.45, 7) is -0.386. The van der Waals surface area contributed by atoms with E-state index in [9.17, 15) is 19.2 Å². The summed E-state index contributed by atoms with van der Waals surface area (Å²) < 4.78 is 0. The van der Waals surface area contributed by atoms with Crippen LogP contribution in [0.4, 0.5) is 4.79 Å². The maximum atomic E-state index is 11.8. The highest BCUT2D eigenvalue weighted by atomic mass is 16.4. The predicted molar refractivity (Wildman–Crippen MR) is 72.0 cm³/mol. The largest absolute Gasteiger partial charge is 0.480 e. The molecule has 1 aliphatic heterocycles. The van der Waals surface area contributed by atoms with Crippen molar-refractivity contribution in [3.63, 3.8) is 0 Å². The lowest BCUT2D eigenvalue weighted by atomic mass is 10.2. The van der Waals surface area contributed by atoms with Gasteiger partial charge in [-0.2, -0.15) is 0 Å². The second kappa shape index (κ2) is 7.28. The molecule has 0 atom stereocenters. The van der Waals surface area contributed by atoms with Crippen molar-refractivity contribution in [3.05, 3.63) is 0 Å². The van der Waals surface area contributed by atoms with Crippen LogP contribution in [0.3, 0.4) is 0 Å². The van der Waals surface area contributed by atoms with E-state index in [4.69, 9.17) is 11.5 Å². The Balaban J connectivity index is 2.45. The van der Waals surface area contributed by atoms with E-state index in [0.29, 0.717) is 0 Å². The number of amides is 4. The Morgan fingerprint density at radius 1 is 1.43 bits per heavy atom. The number of nitrogens with zero attached hydrogens (tertiary/aromatic N) is 3. The van der Waals surface area contributed by atoms with Gasteiger partial charge in [-0.25, -0.2) is 4.79 Å². The summed E-state index contributed by atoms with van der Waals surface area (Å²) in [5.74, 6) is 0.355. The first-order chi connectivity index (χ1) is 9.86. The van der Waals surface area contributed by atoms with Crippen molar-refractivity contribution < 1.29 is 24.3 Å². The number of hydrogen-bond acceptors (Lipinski definition) is 4. The Bertz CT molecular complexity index is 497. The summed E-state index contributed by atoms with van der Waals surface area (Å²) in [6, 6.07) is -0.390. The number of carboxylic acid groups (broad SMARTS) is 1. The zero-order chi connectivity index (χ0) is 16.0. The van der Waals surface area contributed by atoms with E-state index in [1.54, 1.807) is 0 Å². The number of likely N-dealkylation sites (N-methyl/N-ethyl adjacent to an activating group) is 1. The van der Waals surface area contributed by atoms with Gasteiger partial charge in [-0.3, -0.25) is 19.3 Å². The molecule has 0 bridgehead atoms. The Kier molecular flexibility index (Phi) is 5.72. The number of terminal acetylenes is 1. The molecule has 0 radical (unpaired) electrons. The zero-order valence-corrected chi connectivity index (χ0v) is 11.7. The average molecular weight is 295 g/mol. The van der Waals surface area contributed by atoms with Crippen LogP contribution in [-0.4, -0.2) is 76.8 Å². The fourth-order valence-corrected chi connectivity index (χ4v) is 1.94. The summed E-state index contributed by atoms with van der Waals surface area (Å²) in [6.07, 6.45) is 5.38. The Morgan fingerprint density at radius 3 is 2.57 bits per heavy atom. The third-order valence-corrected chi connectivity index (χ3v) is 2.96. The van der Waals surface area contributed by atoms with Gasteiger partial charge in [-0.05, 0) is 6.42 Å². The molecule has 1 heterocycles. The first-order valence-electron chi connectivity index (χ1n) is 6.35. The molecule has 8 nitrogen and oxygen atoms in total. The van der Waals surface area contributed by atoms with Gasteiger partial charge < -0.3 is 14.9 Å². The molecule has 0 spiro atoms. The van der Waals surface area contributed by atoms with Crippen LogP contribution >= 0.6 is 0 Å². The van der Waals surface area contributed by atoms with Gasteiger partial charge in [0.05, 0.1) is 6.54 Å². The quantitative estimate of drug-likeness (QED) is 0.490. The molecular weight excluding hydrogens is 278 g/mol. The fourth-order valence-electron chi connectivity index (χ4n) is 1.94. The predicted octanol–water partition coefficient (Wildman–Crippen LogP) is -0.793. The summed E-state index contributed by atoms with van der Waals surface area (Å²) >= 11 is 0. The molecule has 114 valence electrons. The number of hydrogen-bond donors (Lipinski definition) is 1. The van der Waals surface area contributed by atoms with E-state index >= 15 is 0 Å². The van der Waals surface area contributed by atoms with Crippen LogP contribution in [0.25, 0.3) is 0 Å². The van der Waals surface area contributed by atoms with Crippen LogP contribution in [0, 0.1) is 12.3 Å². The van der Waals surface area contributed by atoms with Crippen molar-refractivity contribution >= 4 is 23.8 Å².